The second-order valence-corrected chi connectivity index (χ2v) is 3.14. The van der Waals surface area contributed by atoms with Crippen molar-refractivity contribution in [3.05, 3.63) is 12.2 Å². The van der Waals surface area contributed by atoms with E-state index in [2.05, 4.69) is 20.6 Å². The molecule has 13 heavy (non-hydrogen) atoms. The summed E-state index contributed by atoms with van der Waals surface area (Å²) in [6, 6.07) is 0.0185. The molecule has 0 aliphatic carbocycles. The van der Waals surface area contributed by atoms with Crippen molar-refractivity contribution in [1.82, 2.24) is 20.6 Å². The molecule has 1 saturated heterocycles. The smallest absolute Gasteiger partial charge is 0.143 e. The summed E-state index contributed by atoms with van der Waals surface area (Å²) in [4.78, 5) is 4.07. The van der Waals surface area contributed by atoms with Gasteiger partial charge in [0, 0.05) is 12.5 Å². The van der Waals surface area contributed by atoms with Gasteiger partial charge in [0.05, 0.1) is 12.6 Å². The van der Waals surface area contributed by atoms with Crippen LogP contribution in [0, 0.1) is 5.92 Å². The number of nitrogens with one attached hydrogen (secondary N) is 2. The summed E-state index contributed by atoms with van der Waals surface area (Å²) >= 11 is 0. The molecule has 1 aromatic rings. The van der Waals surface area contributed by atoms with Gasteiger partial charge in [-0.1, -0.05) is 0 Å². The zero-order valence-corrected chi connectivity index (χ0v) is 7.23. The van der Waals surface area contributed by atoms with Crippen LogP contribution in [-0.4, -0.2) is 28.4 Å². The fourth-order valence-corrected chi connectivity index (χ4v) is 1.62. The number of hydrogen-bond acceptors (Lipinski definition) is 5. The van der Waals surface area contributed by atoms with Crippen molar-refractivity contribution < 1.29 is 4.74 Å². The van der Waals surface area contributed by atoms with Crippen molar-refractivity contribution in [3.8, 4) is 0 Å². The monoisotopic (exact) mass is 183 g/mol. The molecule has 0 saturated carbocycles. The van der Waals surface area contributed by atoms with E-state index in [9.17, 15) is 0 Å². The summed E-state index contributed by atoms with van der Waals surface area (Å²) in [7, 11) is 0. The molecule has 0 spiro atoms. The highest BCUT2D eigenvalue weighted by molar-refractivity contribution is 4.95. The fraction of sp³-hybridized carbons (Fsp3) is 0.714. The number of hydrogen-bond donors (Lipinski definition) is 3. The molecule has 2 heterocycles. The van der Waals surface area contributed by atoms with Gasteiger partial charge < -0.3 is 4.74 Å². The van der Waals surface area contributed by atoms with E-state index in [0.29, 0.717) is 5.92 Å². The van der Waals surface area contributed by atoms with Crippen LogP contribution in [0.25, 0.3) is 0 Å². The Hall–Kier alpha value is -0.980. The third kappa shape index (κ3) is 1.69. The molecule has 2 unspecified atom stereocenters. The van der Waals surface area contributed by atoms with Crippen LogP contribution < -0.4 is 11.3 Å². The molecule has 0 radical (unpaired) electrons. The summed E-state index contributed by atoms with van der Waals surface area (Å²) in [5.41, 5.74) is 2.73. The van der Waals surface area contributed by atoms with E-state index >= 15 is 0 Å². The lowest BCUT2D eigenvalue weighted by molar-refractivity contribution is 0.175. The van der Waals surface area contributed by atoms with Crippen LogP contribution in [0.5, 0.6) is 0 Å². The molecule has 6 nitrogen and oxygen atoms in total. The predicted octanol–water partition coefficient (Wildman–Crippen LogP) is -0.654. The number of H-pyrrole nitrogens is 1. The molecule has 0 amide bonds. The highest BCUT2D eigenvalue weighted by atomic mass is 16.5. The van der Waals surface area contributed by atoms with Crippen LogP contribution in [0.2, 0.25) is 0 Å². The average Bonchev–Trinajstić information content (AvgIpc) is 2.76. The summed E-state index contributed by atoms with van der Waals surface area (Å²) < 4.78 is 5.28. The van der Waals surface area contributed by atoms with E-state index in [-0.39, 0.29) is 6.04 Å². The van der Waals surface area contributed by atoms with Crippen LogP contribution >= 0.6 is 0 Å². The lowest BCUT2D eigenvalue weighted by Gasteiger charge is -2.18. The largest absolute Gasteiger partial charge is 0.381 e. The van der Waals surface area contributed by atoms with Gasteiger partial charge in [0.25, 0.3) is 0 Å². The molecule has 2 atom stereocenters. The van der Waals surface area contributed by atoms with Crippen LogP contribution in [-0.2, 0) is 4.74 Å². The van der Waals surface area contributed by atoms with Gasteiger partial charge in [-0.05, 0) is 6.42 Å². The van der Waals surface area contributed by atoms with Crippen LogP contribution in [0.15, 0.2) is 6.33 Å². The van der Waals surface area contributed by atoms with Crippen molar-refractivity contribution in [2.24, 2.45) is 11.8 Å². The third-order valence-electron chi connectivity index (χ3n) is 2.34. The van der Waals surface area contributed by atoms with E-state index < -0.39 is 0 Å². The second kappa shape index (κ2) is 3.82. The highest BCUT2D eigenvalue weighted by Crippen LogP contribution is 2.25. The Morgan fingerprint density at radius 1 is 1.77 bits per heavy atom. The molecule has 1 fully saturated rings. The molecule has 72 valence electrons. The summed E-state index contributed by atoms with van der Waals surface area (Å²) in [5.74, 6) is 6.61. The van der Waals surface area contributed by atoms with Gasteiger partial charge in [0.15, 0.2) is 0 Å². The first-order valence-electron chi connectivity index (χ1n) is 4.31. The van der Waals surface area contributed by atoms with Crippen molar-refractivity contribution >= 4 is 0 Å². The second-order valence-electron chi connectivity index (χ2n) is 3.14. The molecule has 1 aliphatic rings. The number of nitrogens with two attached hydrogens (primary N) is 1. The Kier molecular flexibility index (Phi) is 2.53. The van der Waals surface area contributed by atoms with Crippen LogP contribution in [0.1, 0.15) is 18.3 Å². The van der Waals surface area contributed by atoms with E-state index in [1.165, 1.54) is 6.33 Å². The first-order valence-corrected chi connectivity index (χ1v) is 4.31. The number of ether oxygens (including phenoxy) is 1. The molecule has 1 aliphatic heterocycles. The normalized spacial score (nSPS) is 24.8. The topological polar surface area (TPSA) is 88.9 Å². The number of nitrogens with zero attached hydrogens (tertiary/aromatic N) is 2. The van der Waals surface area contributed by atoms with Gasteiger partial charge >= 0.3 is 0 Å². The Balaban J connectivity index is 2.08. The van der Waals surface area contributed by atoms with Crippen molar-refractivity contribution in [2.45, 2.75) is 12.5 Å². The Morgan fingerprint density at radius 2 is 2.69 bits per heavy atom. The highest BCUT2D eigenvalue weighted by Gasteiger charge is 2.27. The van der Waals surface area contributed by atoms with Crippen LogP contribution in [0.3, 0.4) is 0 Å². The molecule has 1 aromatic heterocycles. The SMILES string of the molecule is NNC(c1ncn[nH]1)C1CCOC1. The maximum Gasteiger partial charge on any atom is 0.143 e. The Labute approximate surface area is 75.8 Å². The molecular weight excluding hydrogens is 170 g/mol. The molecule has 0 bridgehead atoms. The summed E-state index contributed by atoms with van der Waals surface area (Å²) in [5, 5.41) is 6.60. The predicted molar refractivity (Wildman–Crippen MR) is 45.4 cm³/mol. The Morgan fingerprint density at radius 3 is 3.23 bits per heavy atom. The Bertz CT molecular complexity index is 243. The van der Waals surface area contributed by atoms with E-state index in [1.54, 1.807) is 0 Å². The minimum absolute atomic E-state index is 0.0185. The number of hydrazine groups is 1. The minimum Gasteiger partial charge on any atom is -0.381 e. The van der Waals surface area contributed by atoms with Crippen molar-refractivity contribution in [2.75, 3.05) is 13.2 Å². The lowest BCUT2D eigenvalue weighted by atomic mass is 9.99. The minimum atomic E-state index is 0.0185. The zero-order chi connectivity index (χ0) is 9.10. The van der Waals surface area contributed by atoms with E-state index in [0.717, 1.165) is 25.5 Å². The molecular formula is C7H13N5O. The van der Waals surface area contributed by atoms with Gasteiger partial charge in [0.1, 0.15) is 12.2 Å². The number of aromatic nitrogens is 3. The van der Waals surface area contributed by atoms with E-state index in [1.807, 2.05) is 0 Å². The molecule has 4 N–H and O–H groups in total. The van der Waals surface area contributed by atoms with Crippen molar-refractivity contribution in [1.29, 1.82) is 0 Å². The molecule has 0 aromatic carbocycles. The first-order chi connectivity index (χ1) is 6.42. The quantitative estimate of drug-likeness (QED) is 0.428. The first kappa shape index (κ1) is 8.61. The summed E-state index contributed by atoms with van der Waals surface area (Å²) in [6.45, 7) is 1.53. The lowest BCUT2D eigenvalue weighted by Crippen LogP contribution is -2.34. The summed E-state index contributed by atoms with van der Waals surface area (Å²) in [6.07, 6.45) is 2.49. The maximum absolute atomic E-state index is 5.45. The van der Waals surface area contributed by atoms with Gasteiger partial charge in [-0.3, -0.25) is 10.9 Å². The molecule has 6 heteroatoms. The molecule has 2 rings (SSSR count). The van der Waals surface area contributed by atoms with Gasteiger partial charge in [-0.15, -0.1) is 0 Å². The average molecular weight is 183 g/mol. The third-order valence-corrected chi connectivity index (χ3v) is 2.34. The maximum atomic E-state index is 5.45. The van der Waals surface area contributed by atoms with Crippen molar-refractivity contribution in [3.63, 3.8) is 0 Å². The zero-order valence-electron chi connectivity index (χ0n) is 7.23. The van der Waals surface area contributed by atoms with Gasteiger partial charge in [-0.2, -0.15) is 5.10 Å². The number of rotatable bonds is 3. The van der Waals surface area contributed by atoms with Gasteiger partial charge in [0.2, 0.25) is 0 Å². The number of aromatic amines is 1. The van der Waals surface area contributed by atoms with Gasteiger partial charge in [-0.25, -0.2) is 10.4 Å². The standard InChI is InChI=1S/C7H13N5O/c8-11-6(5-1-2-13-3-5)7-9-4-10-12-7/h4-6,11H,1-3,8H2,(H,9,10,12). The van der Waals surface area contributed by atoms with Crippen LogP contribution in [0.4, 0.5) is 0 Å². The fourth-order valence-electron chi connectivity index (χ4n) is 1.62. The van der Waals surface area contributed by atoms with E-state index in [4.69, 9.17) is 10.6 Å².